The van der Waals surface area contributed by atoms with Gasteiger partial charge in [-0.05, 0) is 42.9 Å². The Morgan fingerprint density at radius 1 is 1.36 bits per heavy atom. The molecule has 2 unspecified atom stereocenters. The van der Waals surface area contributed by atoms with E-state index in [1.165, 1.54) is 18.4 Å². The third kappa shape index (κ3) is 1.27. The van der Waals surface area contributed by atoms with Crippen molar-refractivity contribution in [2.45, 2.75) is 30.7 Å². The van der Waals surface area contributed by atoms with Crippen LogP contribution in [0.3, 0.4) is 0 Å². The van der Waals surface area contributed by atoms with Crippen molar-refractivity contribution in [2.24, 2.45) is 11.7 Å². The highest BCUT2D eigenvalue weighted by molar-refractivity contribution is 6.30. The summed E-state index contributed by atoms with van der Waals surface area (Å²) in [5.41, 5.74) is 7.78. The van der Waals surface area contributed by atoms with Gasteiger partial charge in [-0.2, -0.15) is 0 Å². The zero-order valence-electron chi connectivity index (χ0n) is 8.04. The van der Waals surface area contributed by atoms with Gasteiger partial charge in [0.1, 0.15) is 0 Å². The zero-order valence-corrected chi connectivity index (χ0v) is 8.80. The number of hydrogen-bond donors (Lipinski definition) is 1. The summed E-state index contributed by atoms with van der Waals surface area (Å²) >= 11 is 5.96. The van der Waals surface area contributed by atoms with Crippen LogP contribution >= 0.6 is 11.6 Å². The summed E-state index contributed by atoms with van der Waals surface area (Å²) in [7, 11) is 0. The fourth-order valence-corrected chi connectivity index (χ4v) is 2.72. The van der Waals surface area contributed by atoms with Gasteiger partial charge in [-0.3, -0.25) is 0 Å². The van der Waals surface area contributed by atoms with E-state index in [0.717, 1.165) is 17.4 Å². The summed E-state index contributed by atoms with van der Waals surface area (Å²) in [6.45, 7) is 0. The third-order valence-electron chi connectivity index (χ3n) is 3.63. The SMILES string of the molecule is NC1(C2CC2)CC1c1cccc(Cl)c1. The first-order chi connectivity index (χ1) is 6.70. The van der Waals surface area contributed by atoms with Gasteiger partial charge < -0.3 is 5.73 Å². The number of nitrogens with two attached hydrogens (primary N) is 1. The molecule has 0 aliphatic heterocycles. The van der Waals surface area contributed by atoms with E-state index in [2.05, 4.69) is 12.1 Å². The topological polar surface area (TPSA) is 26.0 Å². The van der Waals surface area contributed by atoms with Crippen LogP contribution in [-0.2, 0) is 0 Å². The summed E-state index contributed by atoms with van der Waals surface area (Å²) in [6.07, 6.45) is 3.80. The average molecular weight is 208 g/mol. The van der Waals surface area contributed by atoms with Crippen LogP contribution in [0.4, 0.5) is 0 Å². The molecule has 3 rings (SSSR count). The molecule has 2 N–H and O–H groups in total. The molecule has 0 saturated heterocycles. The van der Waals surface area contributed by atoms with E-state index in [1.54, 1.807) is 0 Å². The van der Waals surface area contributed by atoms with Gasteiger partial charge >= 0.3 is 0 Å². The lowest BCUT2D eigenvalue weighted by Crippen LogP contribution is -2.26. The fraction of sp³-hybridized carbons (Fsp3) is 0.500. The normalized spacial score (nSPS) is 35.7. The van der Waals surface area contributed by atoms with Gasteiger partial charge in [0.05, 0.1) is 0 Å². The first kappa shape index (κ1) is 8.75. The van der Waals surface area contributed by atoms with Crippen LogP contribution in [-0.4, -0.2) is 5.54 Å². The second kappa shape index (κ2) is 2.74. The van der Waals surface area contributed by atoms with Gasteiger partial charge in [0.15, 0.2) is 0 Å². The Bertz CT molecular complexity index is 372. The van der Waals surface area contributed by atoms with Crippen molar-refractivity contribution in [2.75, 3.05) is 0 Å². The number of rotatable bonds is 2. The molecular weight excluding hydrogens is 194 g/mol. The Labute approximate surface area is 89.3 Å². The van der Waals surface area contributed by atoms with Crippen LogP contribution < -0.4 is 5.73 Å². The summed E-state index contributed by atoms with van der Waals surface area (Å²) in [4.78, 5) is 0. The lowest BCUT2D eigenvalue weighted by molar-refractivity contribution is 0.567. The fourth-order valence-electron chi connectivity index (χ4n) is 2.52. The number of benzene rings is 1. The largest absolute Gasteiger partial charge is 0.324 e. The highest BCUT2D eigenvalue weighted by atomic mass is 35.5. The number of halogens is 1. The van der Waals surface area contributed by atoms with Gasteiger partial charge in [-0.1, -0.05) is 23.7 Å². The predicted octanol–water partition coefficient (Wildman–Crippen LogP) is 2.93. The minimum absolute atomic E-state index is 0.116. The zero-order chi connectivity index (χ0) is 9.76. The minimum atomic E-state index is 0.116. The van der Waals surface area contributed by atoms with Crippen LogP contribution in [0.2, 0.25) is 5.02 Å². The molecular formula is C12H14ClN. The van der Waals surface area contributed by atoms with E-state index >= 15 is 0 Å². The number of hydrogen-bond acceptors (Lipinski definition) is 1. The summed E-state index contributed by atoms with van der Waals surface area (Å²) in [5.74, 6) is 1.35. The standard InChI is InChI=1S/C12H14ClN/c13-10-3-1-2-8(6-10)11-7-12(11,14)9-4-5-9/h1-3,6,9,11H,4-5,7,14H2. The van der Waals surface area contributed by atoms with Crippen molar-refractivity contribution in [1.82, 2.24) is 0 Å². The van der Waals surface area contributed by atoms with Crippen molar-refractivity contribution < 1.29 is 0 Å². The molecule has 0 amide bonds. The highest BCUT2D eigenvalue weighted by Gasteiger charge is 2.59. The van der Waals surface area contributed by atoms with Crippen molar-refractivity contribution >= 4 is 11.6 Å². The lowest BCUT2D eigenvalue weighted by Gasteiger charge is -2.09. The Hall–Kier alpha value is -0.530. The Morgan fingerprint density at radius 3 is 2.79 bits per heavy atom. The van der Waals surface area contributed by atoms with Crippen LogP contribution in [0.1, 0.15) is 30.7 Å². The Morgan fingerprint density at radius 2 is 2.14 bits per heavy atom. The first-order valence-corrected chi connectivity index (χ1v) is 5.62. The summed E-state index contributed by atoms with van der Waals surface area (Å²) in [6, 6.07) is 8.14. The molecule has 0 radical (unpaired) electrons. The summed E-state index contributed by atoms with van der Waals surface area (Å²) < 4.78 is 0. The van der Waals surface area contributed by atoms with Gasteiger partial charge in [0.25, 0.3) is 0 Å². The van der Waals surface area contributed by atoms with Gasteiger partial charge in [0, 0.05) is 16.5 Å². The Balaban J connectivity index is 1.85. The van der Waals surface area contributed by atoms with Gasteiger partial charge in [-0.25, -0.2) is 0 Å². The lowest BCUT2D eigenvalue weighted by atomic mass is 10.0. The molecule has 0 heterocycles. The Kier molecular flexibility index (Phi) is 1.71. The maximum absolute atomic E-state index is 6.34. The first-order valence-electron chi connectivity index (χ1n) is 5.24. The van der Waals surface area contributed by atoms with Crippen molar-refractivity contribution in [1.29, 1.82) is 0 Å². The molecule has 1 aromatic carbocycles. The molecule has 1 aromatic rings. The third-order valence-corrected chi connectivity index (χ3v) is 3.87. The van der Waals surface area contributed by atoms with Crippen molar-refractivity contribution in [3.8, 4) is 0 Å². The predicted molar refractivity (Wildman–Crippen MR) is 58.5 cm³/mol. The minimum Gasteiger partial charge on any atom is -0.324 e. The van der Waals surface area contributed by atoms with Crippen LogP contribution in [0.5, 0.6) is 0 Å². The molecule has 2 aliphatic carbocycles. The van der Waals surface area contributed by atoms with E-state index in [-0.39, 0.29) is 5.54 Å². The molecule has 2 heteroatoms. The molecule has 74 valence electrons. The maximum atomic E-state index is 6.34. The maximum Gasteiger partial charge on any atom is 0.0408 e. The van der Waals surface area contributed by atoms with E-state index in [9.17, 15) is 0 Å². The molecule has 0 aromatic heterocycles. The molecule has 0 bridgehead atoms. The molecule has 2 fully saturated rings. The molecule has 2 aliphatic rings. The van der Waals surface area contributed by atoms with Crippen molar-refractivity contribution in [3.63, 3.8) is 0 Å². The van der Waals surface area contributed by atoms with E-state index in [1.807, 2.05) is 12.1 Å². The van der Waals surface area contributed by atoms with Gasteiger partial charge in [-0.15, -0.1) is 0 Å². The molecule has 1 nitrogen and oxygen atoms in total. The van der Waals surface area contributed by atoms with E-state index in [4.69, 9.17) is 17.3 Å². The molecule has 2 saturated carbocycles. The van der Waals surface area contributed by atoms with Gasteiger partial charge in [0.2, 0.25) is 0 Å². The van der Waals surface area contributed by atoms with E-state index < -0.39 is 0 Å². The molecule has 14 heavy (non-hydrogen) atoms. The molecule has 0 spiro atoms. The van der Waals surface area contributed by atoms with E-state index in [0.29, 0.717) is 5.92 Å². The smallest absolute Gasteiger partial charge is 0.0408 e. The van der Waals surface area contributed by atoms with Crippen LogP contribution in [0, 0.1) is 5.92 Å². The van der Waals surface area contributed by atoms with Crippen molar-refractivity contribution in [3.05, 3.63) is 34.9 Å². The monoisotopic (exact) mass is 207 g/mol. The highest BCUT2D eigenvalue weighted by Crippen LogP contribution is 2.61. The average Bonchev–Trinajstić information content (AvgIpc) is 2.95. The summed E-state index contributed by atoms with van der Waals surface area (Å²) in [5, 5.41) is 0.826. The quantitative estimate of drug-likeness (QED) is 0.793. The van der Waals surface area contributed by atoms with Crippen LogP contribution in [0.15, 0.2) is 24.3 Å². The second-order valence-corrected chi connectivity index (χ2v) is 5.13. The van der Waals surface area contributed by atoms with Crippen LogP contribution in [0.25, 0.3) is 0 Å². The second-order valence-electron chi connectivity index (χ2n) is 4.70. The molecule has 2 atom stereocenters.